The maximum absolute atomic E-state index is 13.3. The van der Waals surface area contributed by atoms with E-state index in [-0.39, 0.29) is 29.1 Å². The summed E-state index contributed by atoms with van der Waals surface area (Å²) in [6.07, 6.45) is 5.14. The molecule has 2 aromatic carbocycles. The largest absolute Gasteiger partial charge is 0.479 e. The summed E-state index contributed by atoms with van der Waals surface area (Å²) in [4.78, 5) is 36.5. The Balaban J connectivity index is 1.58. The minimum Gasteiger partial charge on any atom is -0.479 e. The highest BCUT2D eigenvalue weighted by Gasteiger charge is 2.31. The van der Waals surface area contributed by atoms with Crippen molar-refractivity contribution < 1.29 is 34.1 Å². The second kappa shape index (κ2) is 12.9. The standard InChI is InChI=1S/C28H28BrNO7S/c29-22-24(36-16-21(31)32)26(27(33)34)38-25(22)19-12-7-13-20(14-19)30-23(18-10-5-2-6-11-18)28(35)37-15-17-8-3-1-4-9-17/h1,3-4,7-9,12-14,18,23,30H,2,5-6,10-11,15-16H2,(H,31,32)(H,33,34). The molecule has 0 saturated heterocycles. The lowest BCUT2D eigenvalue weighted by atomic mass is 9.83. The first-order chi connectivity index (χ1) is 18.3. The van der Waals surface area contributed by atoms with Crippen LogP contribution in [0.4, 0.5) is 5.69 Å². The Kier molecular flexibility index (Phi) is 9.41. The van der Waals surface area contributed by atoms with E-state index in [1.807, 2.05) is 54.6 Å². The molecule has 1 aliphatic carbocycles. The molecule has 0 amide bonds. The van der Waals surface area contributed by atoms with Crippen molar-refractivity contribution in [2.24, 2.45) is 5.92 Å². The van der Waals surface area contributed by atoms with Crippen LogP contribution in [0.2, 0.25) is 0 Å². The summed E-state index contributed by atoms with van der Waals surface area (Å²) in [5.74, 6) is -2.61. The number of carbonyl (C=O) groups is 3. The smallest absolute Gasteiger partial charge is 0.349 e. The van der Waals surface area contributed by atoms with E-state index < -0.39 is 24.6 Å². The monoisotopic (exact) mass is 601 g/mol. The predicted octanol–water partition coefficient (Wildman–Crippen LogP) is 6.44. The lowest BCUT2D eigenvalue weighted by Gasteiger charge is -2.30. The number of halogens is 1. The van der Waals surface area contributed by atoms with Crippen LogP contribution in [0.15, 0.2) is 59.1 Å². The van der Waals surface area contributed by atoms with Crippen molar-refractivity contribution in [1.82, 2.24) is 0 Å². The zero-order valence-electron chi connectivity index (χ0n) is 20.5. The van der Waals surface area contributed by atoms with Gasteiger partial charge in [0.15, 0.2) is 17.2 Å². The number of anilines is 1. The first-order valence-electron chi connectivity index (χ1n) is 12.3. The molecule has 8 nitrogen and oxygen atoms in total. The zero-order chi connectivity index (χ0) is 27.1. The van der Waals surface area contributed by atoms with Gasteiger partial charge in [0.05, 0.1) is 9.35 Å². The van der Waals surface area contributed by atoms with E-state index in [1.165, 1.54) is 0 Å². The molecule has 200 valence electrons. The van der Waals surface area contributed by atoms with Crippen molar-refractivity contribution >= 4 is 50.9 Å². The summed E-state index contributed by atoms with van der Waals surface area (Å²) in [5, 5.41) is 22.0. The number of aromatic carboxylic acids is 1. The molecule has 1 heterocycles. The number of carboxylic acids is 2. The van der Waals surface area contributed by atoms with Crippen LogP contribution in [0.1, 0.15) is 47.3 Å². The Morgan fingerprint density at radius 1 is 1.03 bits per heavy atom. The van der Waals surface area contributed by atoms with Gasteiger partial charge in [-0.15, -0.1) is 11.3 Å². The SMILES string of the molecule is O=C(O)COc1c(C(=O)O)sc(-c2cccc(NC(C(=O)OCc3ccccc3)C3CCCCC3)c2)c1Br. The van der Waals surface area contributed by atoms with Crippen molar-refractivity contribution in [2.75, 3.05) is 11.9 Å². The van der Waals surface area contributed by atoms with Gasteiger partial charge in [0, 0.05) is 5.69 Å². The Morgan fingerprint density at radius 3 is 2.45 bits per heavy atom. The summed E-state index contributed by atoms with van der Waals surface area (Å²) < 4.78 is 11.3. The summed E-state index contributed by atoms with van der Waals surface area (Å²) in [5.41, 5.74) is 2.31. The van der Waals surface area contributed by atoms with Gasteiger partial charge in [-0.3, -0.25) is 0 Å². The number of ether oxygens (including phenoxy) is 2. The molecular weight excluding hydrogens is 574 g/mol. The third-order valence-electron chi connectivity index (χ3n) is 6.39. The van der Waals surface area contributed by atoms with Crippen molar-refractivity contribution in [2.45, 2.75) is 44.8 Å². The lowest BCUT2D eigenvalue weighted by Crippen LogP contribution is -2.39. The third-order valence-corrected chi connectivity index (χ3v) is 8.62. The van der Waals surface area contributed by atoms with Crippen LogP contribution in [0.25, 0.3) is 10.4 Å². The predicted molar refractivity (Wildman–Crippen MR) is 148 cm³/mol. The van der Waals surface area contributed by atoms with Crippen LogP contribution >= 0.6 is 27.3 Å². The van der Waals surface area contributed by atoms with Crippen LogP contribution < -0.4 is 10.1 Å². The summed E-state index contributed by atoms with van der Waals surface area (Å²) in [6, 6.07) is 16.4. The van der Waals surface area contributed by atoms with Gasteiger partial charge in [-0.1, -0.05) is 61.7 Å². The second-order valence-corrected chi connectivity index (χ2v) is 10.9. The first kappa shape index (κ1) is 27.7. The fourth-order valence-electron chi connectivity index (χ4n) is 4.57. The molecule has 3 aromatic rings. The molecule has 1 atom stereocenters. The molecule has 0 spiro atoms. The molecule has 1 aromatic heterocycles. The van der Waals surface area contributed by atoms with E-state index in [0.29, 0.717) is 20.6 Å². The fourth-order valence-corrected chi connectivity index (χ4v) is 6.46. The minimum atomic E-state index is -1.21. The number of hydrogen-bond donors (Lipinski definition) is 3. The van der Waals surface area contributed by atoms with E-state index in [9.17, 15) is 19.5 Å². The zero-order valence-corrected chi connectivity index (χ0v) is 22.9. The molecule has 0 bridgehead atoms. The summed E-state index contributed by atoms with van der Waals surface area (Å²) in [7, 11) is 0. The third kappa shape index (κ3) is 6.93. The Morgan fingerprint density at radius 2 is 1.76 bits per heavy atom. The van der Waals surface area contributed by atoms with Crippen LogP contribution in [0.3, 0.4) is 0 Å². The maximum Gasteiger partial charge on any atom is 0.349 e. The van der Waals surface area contributed by atoms with Gasteiger partial charge in [-0.25, -0.2) is 14.4 Å². The summed E-state index contributed by atoms with van der Waals surface area (Å²) in [6.45, 7) is -0.464. The molecular formula is C28H28BrNO7S. The number of hydrogen-bond acceptors (Lipinski definition) is 7. The van der Waals surface area contributed by atoms with E-state index in [1.54, 1.807) is 0 Å². The van der Waals surface area contributed by atoms with E-state index in [4.69, 9.17) is 14.6 Å². The lowest BCUT2D eigenvalue weighted by molar-refractivity contribution is -0.147. The van der Waals surface area contributed by atoms with Crippen molar-refractivity contribution in [1.29, 1.82) is 0 Å². The molecule has 10 heteroatoms. The second-order valence-electron chi connectivity index (χ2n) is 9.09. The van der Waals surface area contributed by atoms with E-state index in [0.717, 1.165) is 49.0 Å². The molecule has 0 aliphatic heterocycles. The molecule has 4 rings (SSSR count). The average Bonchev–Trinajstić information content (AvgIpc) is 3.26. The van der Waals surface area contributed by atoms with Crippen LogP contribution in [-0.2, 0) is 20.9 Å². The number of aliphatic carboxylic acids is 1. The van der Waals surface area contributed by atoms with Crippen molar-refractivity contribution in [3.8, 4) is 16.2 Å². The van der Waals surface area contributed by atoms with Crippen LogP contribution in [-0.4, -0.2) is 40.8 Å². The minimum absolute atomic E-state index is 0.0252. The molecule has 1 fully saturated rings. The Bertz CT molecular complexity index is 1290. The molecule has 3 N–H and O–H groups in total. The van der Waals surface area contributed by atoms with E-state index >= 15 is 0 Å². The van der Waals surface area contributed by atoms with Gasteiger partial charge < -0.3 is 25.0 Å². The number of thiophene rings is 1. The highest BCUT2D eigenvalue weighted by atomic mass is 79.9. The number of rotatable bonds is 11. The first-order valence-corrected chi connectivity index (χ1v) is 13.9. The van der Waals surface area contributed by atoms with Gasteiger partial charge >= 0.3 is 17.9 Å². The number of carboxylic acid groups (broad SMARTS) is 2. The average molecular weight is 603 g/mol. The Hall–Kier alpha value is -3.37. The summed E-state index contributed by atoms with van der Waals surface area (Å²) >= 11 is 4.38. The van der Waals surface area contributed by atoms with Gasteiger partial charge in [0.25, 0.3) is 0 Å². The van der Waals surface area contributed by atoms with Gasteiger partial charge in [0.2, 0.25) is 0 Å². The van der Waals surface area contributed by atoms with Gasteiger partial charge in [-0.2, -0.15) is 0 Å². The topological polar surface area (TPSA) is 122 Å². The normalized spacial score (nSPS) is 14.4. The highest BCUT2D eigenvalue weighted by Crippen LogP contribution is 2.46. The van der Waals surface area contributed by atoms with Crippen molar-refractivity contribution in [3.05, 3.63) is 69.5 Å². The quantitative estimate of drug-likeness (QED) is 0.214. The van der Waals surface area contributed by atoms with E-state index in [2.05, 4.69) is 21.2 Å². The number of esters is 1. The number of benzene rings is 2. The maximum atomic E-state index is 13.3. The molecule has 38 heavy (non-hydrogen) atoms. The van der Waals surface area contributed by atoms with Crippen LogP contribution in [0, 0.1) is 5.92 Å². The number of nitrogens with one attached hydrogen (secondary N) is 1. The molecule has 1 saturated carbocycles. The number of carbonyl (C=O) groups excluding carboxylic acids is 1. The van der Waals surface area contributed by atoms with Crippen LogP contribution in [0.5, 0.6) is 5.75 Å². The Labute approximate surface area is 232 Å². The van der Waals surface area contributed by atoms with Gasteiger partial charge in [-0.05, 0) is 57.9 Å². The van der Waals surface area contributed by atoms with Gasteiger partial charge in [0.1, 0.15) is 12.6 Å². The highest BCUT2D eigenvalue weighted by molar-refractivity contribution is 9.10. The molecule has 0 radical (unpaired) electrons. The fraction of sp³-hybridized carbons (Fsp3) is 0.321. The molecule has 1 unspecified atom stereocenters. The molecule has 1 aliphatic rings. The van der Waals surface area contributed by atoms with Crippen molar-refractivity contribution in [3.63, 3.8) is 0 Å².